The van der Waals surface area contributed by atoms with Crippen molar-refractivity contribution in [2.45, 2.75) is 31.6 Å². The van der Waals surface area contributed by atoms with Crippen LogP contribution in [-0.2, 0) is 10.0 Å². The van der Waals surface area contributed by atoms with Crippen LogP contribution in [-0.4, -0.2) is 32.9 Å². The third-order valence-electron chi connectivity index (χ3n) is 2.92. The molecule has 1 aromatic carbocycles. The smallest absolute Gasteiger partial charge is 0.246 e. The number of unbranched alkanes of at least 4 members (excludes halogenated alkanes) is 1. The maximum Gasteiger partial charge on any atom is 0.246 e. The fourth-order valence-electron chi connectivity index (χ4n) is 1.82. The molecule has 1 rings (SSSR count). The molecule has 19 heavy (non-hydrogen) atoms. The number of rotatable bonds is 7. The lowest BCUT2D eigenvalue weighted by molar-refractivity contribution is 0.391. The SMILES string of the molecule is CCCCN(CC)S(=O)(=O)c1ccc(N)cc1OC. The average molecular weight is 286 g/mol. The van der Waals surface area contributed by atoms with Gasteiger partial charge in [0.25, 0.3) is 0 Å². The maximum absolute atomic E-state index is 12.6. The van der Waals surface area contributed by atoms with Gasteiger partial charge in [0, 0.05) is 24.8 Å². The van der Waals surface area contributed by atoms with Crippen LogP contribution in [0.1, 0.15) is 26.7 Å². The molecular weight excluding hydrogens is 264 g/mol. The molecule has 0 aliphatic heterocycles. The van der Waals surface area contributed by atoms with Gasteiger partial charge in [-0.25, -0.2) is 8.42 Å². The minimum absolute atomic E-state index is 0.169. The highest BCUT2D eigenvalue weighted by Gasteiger charge is 2.26. The zero-order chi connectivity index (χ0) is 14.5. The molecule has 0 radical (unpaired) electrons. The second-order valence-electron chi connectivity index (χ2n) is 4.26. The van der Waals surface area contributed by atoms with Gasteiger partial charge in [-0.15, -0.1) is 0 Å². The fraction of sp³-hybridized carbons (Fsp3) is 0.538. The first kappa shape index (κ1) is 15.8. The van der Waals surface area contributed by atoms with Crippen LogP contribution in [0.15, 0.2) is 23.1 Å². The maximum atomic E-state index is 12.6. The molecule has 0 amide bonds. The summed E-state index contributed by atoms with van der Waals surface area (Å²) in [6.07, 6.45) is 1.79. The van der Waals surface area contributed by atoms with Crippen LogP contribution in [0.4, 0.5) is 5.69 Å². The van der Waals surface area contributed by atoms with Crippen LogP contribution < -0.4 is 10.5 Å². The summed E-state index contributed by atoms with van der Waals surface area (Å²) in [5.74, 6) is 0.287. The number of nitrogens with zero attached hydrogens (tertiary/aromatic N) is 1. The second-order valence-corrected chi connectivity index (χ2v) is 6.17. The van der Waals surface area contributed by atoms with E-state index in [-0.39, 0.29) is 10.6 Å². The Morgan fingerprint density at radius 1 is 1.32 bits per heavy atom. The van der Waals surface area contributed by atoms with E-state index in [2.05, 4.69) is 0 Å². The van der Waals surface area contributed by atoms with Gasteiger partial charge in [0.2, 0.25) is 10.0 Å². The Labute approximate surface area is 115 Å². The molecular formula is C13H22N2O3S. The molecule has 0 aliphatic rings. The Morgan fingerprint density at radius 3 is 2.53 bits per heavy atom. The van der Waals surface area contributed by atoms with Crippen molar-refractivity contribution in [1.29, 1.82) is 0 Å². The third kappa shape index (κ3) is 3.61. The van der Waals surface area contributed by atoms with Gasteiger partial charge in [-0.1, -0.05) is 20.3 Å². The highest BCUT2D eigenvalue weighted by Crippen LogP contribution is 2.28. The van der Waals surface area contributed by atoms with E-state index < -0.39 is 10.0 Å². The van der Waals surface area contributed by atoms with Gasteiger partial charge in [-0.3, -0.25) is 0 Å². The molecule has 0 heterocycles. The molecule has 0 fully saturated rings. The first-order chi connectivity index (χ1) is 8.97. The Balaban J connectivity index is 3.17. The van der Waals surface area contributed by atoms with E-state index in [1.54, 1.807) is 6.07 Å². The summed E-state index contributed by atoms with van der Waals surface area (Å²) < 4.78 is 31.7. The summed E-state index contributed by atoms with van der Waals surface area (Å²) in [5.41, 5.74) is 6.13. The van der Waals surface area contributed by atoms with Crippen molar-refractivity contribution in [2.75, 3.05) is 25.9 Å². The van der Waals surface area contributed by atoms with Crippen LogP contribution in [0, 0.1) is 0 Å². The number of anilines is 1. The van der Waals surface area contributed by atoms with E-state index in [4.69, 9.17) is 10.5 Å². The topological polar surface area (TPSA) is 72.6 Å². The highest BCUT2D eigenvalue weighted by molar-refractivity contribution is 7.89. The van der Waals surface area contributed by atoms with Crippen molar-refractivity contribution < 1.29 is 13.2 Å². The quantitative estimate of drug-likeness (QED) is 0.779. The van der Waals surface area contributed by atoms with Crippen molar-refractivity contribution in [3.05, 3.63) is 18.2 Å². The molecule has 6 heteroatoms. The van der Waals surface area contributed by atoms with Crippen molar-refractivity contribution in [3.63, 3.8) is 0 Å². The summed E-state index contributed by atoms with van der Waals surface area (Å²) in [7, 11) is -2.09. The predicted molar refractivity (Wildman–Crippen MR) is 76.7 cm³/mol. The van der Waals surface area contributed by atoms with Crippen molar-refractivity contribution in [1.82, 2.24) is 4.31 Å². The minimum atomic E-state index is -3.53. The van der Waals surface area contributed by atoms with Crippen LogP contribution in [0.3, 0.4) is 0 Å². The fourth-order valence-corrected chi connectivity index (χ4v) is 3.44. The van der Waals surface area contributed by atoms with E-state index in [0.29, 0.717) is 18.8 Å². The lowest BCUT2D eigenvalue weighted by atomic mass is 10.3. The van der Waals surface area contributed by atoms with Gasteiger partial charge in [-0.05, 0) is 18.6 Å². The molecule has 5 nitrogen and oxygen atoms in total. The molecule has 0 bridgehead atoms. The van der Waals surface area contributed by atoms with E-state index >= 15 is 0 Å². The van der Waals surface area contributed by atoms with Crippen molar-refractivity contribution >= 4 is 15.7 Å². The van der Waals surface area contributed by atoms with Gasteiger partial charge >= 0.3 is 0 Å². The number of hydrogen-bond donors (Lipinski definition) is 1. The number of sulfonamides is 1. The van der Waals surface area contributed by atoms with Gasteiger partial charge in [0.15, 0.2) is 0 Å². The van der Waals surface area contributed by atoms with Gasteiger partial charge < -0.3 is 10.5 Å². The summed E-state index contributed by atoms with van der Waals surface area (Å²) in [6.45, 7) is 4.82. The van der Waals surface area contributed by atoms with Gasteiger partial charge in [0.05, 0.1) is 7.11 Å². The summed E-state index contributed by atoms with van der Waals surface area (Å²) >= 11 is 0. The molecule has 108 valence electrons. The molecule has 0 saturated heterocycles. The number of nitrogen functional groups attached to an aromatic ring is 1. The summed E-state index contributed by atoms with van der Waals surface area (Å²) in [6, 6.07) is 4.60. The third-order valence-corrected chi connectivity index (χ3v) is 4.93. The Hall–Kier alpha value is -1.27. The Bertz CT molecular complexity index is 515. The molecule has 0 unspecified atom stereocenters. The van der Waals surface area contributed by atoms with Crippen LogP contribution in [0.2, 0.25) is 0 Å². The number of ether oxygens (including phenoxy) is 1. The predicted octanol–water partition coefficient (Wildman–Crippen LogP) is 2.09. The molecule has 2 N–H and O–H groups in total. The van der Waals surface area contributed by atoms with Gasteiger partial charge in [0.1, 0.15) is 10.6 Å². The Kier molecular flexibility index (Phi) is 5.62. The van der Waals surface area contributed by atoms with E-state index in [0.717, 1.165) is 12.8 Å². The largest absolute Gasteiger partial charge is 0.495 e. The van der Waals surface area contributed by atoms with Crippen molar-refractivity contribution in [2.24, 2.45) is 0 Å². The summed E-state index contributed by atoms with van der Waals surface area (Å²) in [4.78, 5) is 0.169. The van der Waals surface area contributed by atoms with E-state index in [1.807, 2.05) is 13.8 Å². The minimum Gasteiger partial charge on any atom is -0.495 e. The molecule has 0 spiro atoms. The van der Waals surface area contributed by atoms with Gasteiger partial charge in [-0.2, -0.15) is 4.31 Å². The first-order valence-electron chi connectivity index (χ1n) is 6.41. The number of hydrogen-bond acceptors (Lipinski definition) is 4. The lowest BCUT2D eigenvalue weighted by Crippen LogP contribution is -2.32. The van der Waals surface area contributed by atoms with Crippen LogP contribution in [0.25, 0.3) is 0 Å². The molecule has 0 aliphatic carbocycles. The molecule has 1 aromatic rings. The van der Waals surface area contributed by atoms with Crippen LogP contribution in [0.5, 0.6) is 5.75 Å². The normalized spacial score (nSPS) is 11.8. The zero-order valence-electron chi connectivity index (χ0n) is 11.7. The second kappa shape index (κ2) is 6.77. The van der Waals surface area contributed by atoms with E-state index in [1.165, 1.54) is 23.5 Å². The number of nitrogens with two attached hydrogens (primary N) is 1. The molecule has 0 atom stereocenters. The number of methoxy groups -OCH3 is 1. The number of benzene rings is 1. The van der Waals surface area contributed by atoms with Crippen molar-refractivity contribution in [3.8, 4) is 5.75 Å². The standard InChI is InChI=1S/C13H22N2O3S/c1-4-6-9-15(5-2)19(16,17)13-8-7-11(14)10-12(13)18-3/h7-8,10H,4-6,9,14H2,1-3H3. The Morgan fingerprint density at radius 2 is 2.00 bits per heavy atom. The highest BCUT2D eigenvalue weighted by atomic mass is 32.2. The van der Waals surface area contributed by atoms with Crippen LogP contribution >= 0.6 is 0 Å². The summed E-state index contributed by atoms with van der Waals surface area (Å²) in [5, 5.41) is 0. The zero-order valence-corrected chi connectivity index (χ0v) is 12.5. The lowest BCUT2D eigenvalue weighted by Gasteiger charge is -2.21. The van der Waals surface area contributed by atoms with E-state index in [9.17, 15) is 8.42 Å². The first-order valence-corrected chi connectivity index (χ1v) is 7.85. The monoisotopic (exact) mass is 286 g/mol. The average Bonchev–Trinajstić information content (AvgIpc) is 2.38. The molecule has 0 aromatic heterocycles. The molecule has 0 saturated carbocycles.